The average Bonchev–Trinajstić information content (AvgIpc) is 3.35. The normalized spacial score (nSPS) is 11.3. The Balaban J connectivity index is 1.66. The zero-order valence-corrected chi connectivity index (χ0v) is 20.4. The van der Waals surface area contributed by atoms with E-state index in [2.05, 4.69) is 58.8 Å². The SMILES string of the molecule is COc1ccc(CC(=O)Nc2cc(-c3ccccc3-c3nn[nH]n3)ccc2SC(C)(C)C)cc1. The molecule has 2 N–H and O–H groups in total. The number of aromatic amines is 1. The Morgan fingerprint density at radius 3 is 2.41 bits per heavy atom. The largest absolute Gasteiger partial charge is 0.497 e. The summed E-state index contributed by atoms with van der Waals surface area (Å²) in [5.74, 6) is 1.21. The maximum Gasteiger partial charge on any atom is 0.228 e. The zero-order chi connectivity index (χ0) is 24.1. The number of tetrazole rings is 1. The van der Waals surface area contributed by atoms with Crippen LogP contribution in [0.5, 0.6) is 5.75 Å². The third-order valence-corrected chi connectivity index (χ3v) is 6.21. The van der Waals surface area contributed by atoms with Gasteiger partial charge in [0.05, 0.1) is 19.2 Å². The molecule has 0 radical (unpaired) electrons. The Kier molecular flexibility index (Phi) is 6.98. The lowest BCUT2D eigenvalue weighted by atomic mass is 9.99. The number of carbonyl (C=O) groups excluding carboxylic acids is 1. The Morgan fingerprint density at radius 1 is 1.03 bits per heavy atom. The van der Waals surface area contributed by atoms with E-state index >= 15 is 0 Å². The van der Waals surface area contributed by atoms with Gasteiger partial charge in [0.25, 0.3) is 0 Å². The summed E-state index contributed by atoms with van der Waals surface area (Å²) in [6, 6.07) is 21.5. The van der Waals surface area contributed by atoms with Crippen LogP contribution in [0, 0.1) is 0 Å². The lowest BCUT2D eigenvalue weighted by molar-refractivity contribution is -0.115. The number of rotatable bonds is 7. The number of hydrogen-bond donors (Lipinski definition) is 2. The van der Waals surface area contributed by atoms with Crippen LogP contribution in [0.4, 0.5) is 5.69 Å². The summed E-state index contributed by atoms with van der Waals surface area (Å²) in [7, 11) is 1.62. The predicted octanol–water partition coefficient (Wildman–Crippen LogP) is 5.61. The molecule has 34 heavy (non-hydrogen) atoms. The maximum absolute atomic E-state index is 13.0. The summed E-state index contributed by atoms with van der Waals surface area (Å²) in [5.41, 5.74) is 4.48. The van der Waals surface area contributed by atoms with Crippen molar-refractivity contribution < 1.29 is 9.53 Å². The molecule has 8 heteroatoms. The van der Waals surface area contributed by atoms with Crippen LogP contribution >= 0.6 is 11.8 Å². The summed E-state index contributed by atoms with van der Waals surface area (Å²) in [6.07, 6.45) is 0.271. The van der Waals surface area contributed by atoms with Gasteiger partial charge in [-0.25, -0.2) is 0 Å². The van der Waals surface area contributed by atoms with E-state index in [0.717, 1.165) is 38.6 Å². The third-order valence-electron chi connectivity index (χ3n) is 5.02. The minimum absolute atomic E-state index is 0.0144. The van der Waals surface area contributed by atoms with E-state index in [4.69, 9.17) is 4.74 Å². The van der Waals surface area contributed by atoms with Crippen molar-refractivity contribution in [1.82, 2.24) is 20.6 Å². The van der Waals surface area contributed by atoms with E-state index < -0.39 is 0 Å². The van der Waals surface area contributed by atoms with E-state index in [1.54, 1.807) is 18.9 Å². The van der Waals surface area contributed by atoms with Gasteiger partial charge in [0.15, 0.2) is 0 Å². The maximum atomic E-state index is 13.0. The van der Waals surface area contributed by atoms with Gasteiger partial charge in [0, 0.05) is 15.2 Å². The molecule has 174 valence electrons. The fourth-order valence-corrected chi connectivity index (χ4v) is 4.56. The standard InChI is InChI=1S/C26H27N5O2S/c1-26(2,3)34-23-14-11-18(20-7-5-6-8-21(20)25-28-30-31-29-25)16-22(23)27-24(32)15-17-9-12-19(33-4)13-10-17/h5-14,16H,15H2,1-4H3,(H,27,32)(H,28,29,30,31). The predicted molar refractivity (Wildman–Crippen MR) is 136 cm³/mol. The van der Waals surface area contributed by atoms with Crippen molar-refractivity contribution in [3.05, 3.63) is 72.3 Å². The number of methoxy groups -OCH3 is 1. The number of H-pyrrole nitrogens is 1. The molecule has 3 aromatic carbocycles. The molecule has 4 aromatic rings. The van der Waals surface area contributed by atoms with Crippen molar-refractivity contribution in [2.24, 2.45) is 0 Å². The van der Waals surface area contributed by atoms with Gasteiger partial charge in [0.1, 0.15) is 5.75 Å². The third kappa shape index (κ3) is 5.82. The van der Waals surface area contributed by atoms with E-state index in [0.29, 0.717) is 5.82 Å². The smallest absolute Gasteiger partial charge is 0.228 e. The number of nitrogens with one attached hydrogen (secondary N) is 2. The number of ether oxygens (including phenoxy) is 1. The minimum Gasteiger partial charge on any atom is -0.497 e. The van der Waals surface area contributed by atoms with E-state index in [-0.39, 0.29) is 17.1 Å². The van der Waals surface area contributed by atoms with Gasteiger partial charge in [-0.2, -0.15) is 5.21 Å². The molecule has 0 aliphatic rings. The van der Waals surface area contributed by atoms with Crippen molar-refractivity contribution >= 4 is 23.4 Å². The van der Waals surface area contributed by atoms with Crippen molar-refractivity contribution in [1.29, 1.82) is 0 Å². The van der Waals surface area contributed by atoms with Crippen LogP contribution in [0.25, 0.3) is 22.5 Å². The molecule has 1 heterocycles. The molecule has 1 aromatic heterocycles. The summed E-state index contributed by atoms with van der Waals surface area (Å²) in [4.78, 5) is 14.0. The Hall–Kier alpha value is -3.65. The van der Waals surface area contributed by atoms with Crippen LogP contribution < -0.4 is 10.1 Å². The molecule has 0 aliphatic heterocycles. The number of nitrogens with zero attached hydrogens (tertiary/aromatic N) is 3. The van der Waals surface area contributed by atoms with Crippen LogP contribution in [-0.4, -0.2) is 38.4 Å². The van der Waals surface area contributed by atoms with Gasteiger partial charge < -0.3 is 10.1 Å². The topological polar surface area (TPSA) is 92.8 Å². The van der Waals surface area contributed by atoms with E-state index in [1.165, 1.54) is 0 Å². The highest BCUT2D eigenvalue weighted by Gasteiger charge is 2.18. The second-order valence-electron chi connectivity index (χ2n) is 8.78. The van der Waals surface area contributed by atoms with Crippen LogP contribution in [0.1, 0.15) is 26.3 Å². The van der Waals surface area contributed by atoms with Crippen molar-refractivity contribution in [2.45, 2.75) is 36.8 Å². The van der Waals surface area contributed by atoms with Gasteiger partial charge in [0.2, 0.25) is 11.7 Å². The zero-order valence-electron chi connectivity index (χ0n) is 19.6. The molecule has 7 nitrogen and oxygen atoms in total. The fraction of sp³-hybridized carbons (Fsp3) is 0.231. The number of carbonyl (C=O) groups is 1. The summed E-state index contributed by atoms with van der Waals surface area (Å²) in [5, 5.41) is 17.6. The first-order valence-electron chi connectivity index (χ1n) is 10.9. The highest BCUT2D eigenvalue weighted by Crippen LogP contribution is 2.40. The molecule has 0 atom stereocenters. The molecule has 0 saturated heterocycles. The molecular weight excluding hydrogens is 446 g/mol. The highest BCUT2D eigenvalue weighted by molar-refractivity contribution is 8.00. The average molecular weight is 474 g/mol. The van der Waals surface area contributed by atoms with Crippen LogP contribution in [-0.2, 0) is 11.2 Å². The molecule has 0 unspecified atom stereocenters. The molecule has 0 bridgehead atoms. The lowest BCUT2D eigenvalue weighted by Gasteiger charge is -2.21. The number of hydrogen-bond acceptors (Lipinski definition) is 6. The first-order valence-corrected chi connectivity index (χ1v) is 11.7. The number of benzene rings is 3. The van der Waals surface area contributed by atoms with Crippen LogP contribution in [0.2, 0.25) is 0 Å². The Labute approximate surface area is 203 Å². The van der Waals surface area contributed by atoms with E-state index in [1.807, 2.05) is 54.6 Å². The highest BCUT2D eigenvalue weighted by atomic mass is 32.2. The molecule has 4 rings (SSSR count). The van der Waals surface area contributed by atoms with Gasteiger partial charge in [-0.3, -0.25) is 4.79 Å². The molecule has 0 saturated carbocycles. The molecule has 0 aliphatic carbocycles. The lowest BCUT2D eigenvalue weighted by Crippen LogP contribution is -2.16. The monoisotopic (exact) mass is 473 g/mol. The van der Waals surface area contributed by atoms with Crippen molar-refractivity contribution in [2.75, 3.05) is 12.4 Å². The van der Waals surface area contributed by atoms with Gasteiger partial charge in [-0.1, -0.05) is 63.2 Å². The summed E-state index contributed by atoms with van der Waals surface area (Å²) in [6.45, 7) is 6.46. The van der Waals surface area contributed by atoms with Gasteiger partial charge in [-0.15, -0.1) is 22.0 Å². The number of aromatic nitrogens is 4. The van der Waals surface area contributed by atoms with Crippen LogP contribution in [0.15, 0.2) is 71.6 Å². The minimum atomic E-state index is -0.0791. The summed E-state index contributed by atoms with van der Waals surface area (Å²) >= 11 is 1.72. The quantitative estimate of drug-likeness (QED) is 0.339. The first kappa shape index (κ1) is 23.5. The van der Waals surface area contributed by atoms with Gasteiger partial charge in [-0.05, 0) is 46.2 Å². The Bertz CT molecular complexity index is 1270. The fourth-order valence-electron chi connectivity index (χ4n) is 3.54. The first-order chi connectivity index (χ1) is 16.3. The summed E-state index contributed by atoms with van der Waals surface area (Å²) < 4.78 is 5.19. The van der Waals surface area contributed by atoms with Crippen LogP contribution in [0.3, 0.4) is 0 Å². The number of anilines is 1. The number of thioether (sulfide) groups is 1. The van der Waals surface area contributed by atoms with Crippen molar-refractivity contribution in [3.63, 3.8) is 0 Å². The Morgan fingerprint density at radius 2 is 1.76 bits per heavy atom. The van der Waals surface area contributed by atoms with E-state index in [9.17, 15) is 4.79 Å². The van der Waals surface area contributed by atoms with Crippen molar-refractivity contribution in [3.8, 4) is 28.3 Å². The molecule has 0 spiro atoms. The molecule has 0 fully saturated rings. The second-order valence-corrected chi connectivity index (χ2v) is 10.6. The number of amides is 1. The molecule has 1 amide bonds. The van der Waals surface area contributed by atoms with Gasteiger partial charge >= 0.3 is 0 Å². The second kappa shape index (κ2) is 10.1. The molecular formula is C26H27N5O2S.